The molecule has 3 amide bonds. The Morgan fingerprint density at radius 3 is 2.42 bits per heavy atom. The van der Waals surface area contributed by atoms with Crippen molar-refractivity contribution in [2.45, 2.75) is 6.42 Å². The summed E-state index contributed by atoms with van der Waals surface area (Å²) < 4.78 is 4.94. The van der Waals surface area contributed by atoms with Crippen molar-refractivity contribution in [1.29, 1.82) is 0 Å². The Morgan fingerprint density at radius 1 is 1.04 bits per heavy atom. The maximum Gasteiger partial charge on any atom is 0.417 e. The monoisotopic (exact) mass is 351 g/mol. The van der Waals surface area contributed by atoms with Gasteiger partial charge in [-0.15, -0.1) is 0 Å². The number of oxazole rings is 1. The SMILES string of the molecule is O=C(CCN1C(=O)c2ccccc2C1=O)Nc1ccc2[nH]c(=O)oc2c1. The van der Waals surface area contributed by atoms with E-state index in [0.717, 1.165) is 4.90 Å². The standard InChI is InChI=1S/C18H13N3O5/c22-15(19-10-5-6-13-14(9-10)26-18(25)20-13)7-8-21-16(23)11-3-1-2-4-12(11)17(21)24/h1-6,9H,7-8H2,(H,19,22)(H,20,25). The molecule has 1 aromatic heterocycles. The summed E-state index contributed by atoms with van der Waals surface area (Å²) in [4.78, 5) is 51.4. The van der Waals surface area contributed by atoms with E-state index in [-0.39, 0.29) is 18.9 Å². The second kappa shape index (κ2) is 5.99. The normalized spacial score (nSPS) is 13.3. The van der Waals surface area contributed by atoms with Crippen LogP contribution >= 0.6 is 0 Å². The molecule has 0 atom stereocenters. The first kappa shape index (κ1) is 15.8. The predicted molar refractivity (Wildman–Crippen MR) is 91.9 cm³/mol. The topological polar surface area (TPSA) is 112 Å². The number of anilines is 1. The molecule has 2 N–H and O–H groups in total. The molecule has 0 fully saturated rings. The second-order valence-corrected chi connectivity index (χ2v) is 5.83. The lowest BCUT2D eigenvalue weighted by Crippen LogP contribution is -2.32. The molecule has 2 heterocycles. The summed E-state index contributed by atoms with van der Waals surface area (Å²) >= 11 is 0. The van der Waals surface area contributed by atoms with Crippen molar-refractivity contribution in [3.8, 4) is 0 Å². The van der Waals surface area contributed by atoms with Gasteiger partial charge >= 0.3 is 5.76 Å². The lowest BCUT2D eigenvalue weighted by molar-refractivity contribution is -0.116. The first-order chi connectivity index (χ1) is 12.5. The fraction of sp³-hybridized carbons (Fsp3) is 0.111. The third-order valence-electron chi connectivity index (χ3n) is 4.15. The quantitative estimate of drug-likeness (QED) is 0.695. The van der Waals surface area contributed by atoms with E-state index in [1.165, 1.54) is 6.07 Å². The van der Waals surface area contributed by atoms with Gasteiger partial charge in [0.2, 0.25) is 5.91 Å². The Morgan fingerprint density at radius 2 is 1.73 bits per heavy atom. The van der Waals surface area contributed by atoms with Crippen molar-refractivity contribution < 1.29 is 18.8 Å². The van der Waals surface area contributed by atoms with Crippen LogP contribution in [0.1, 0.15) is 27.1 Å². The third kappa shape index (κ3) is 2.67. The lowest BCUT2D eigenvalue weighted by Gasteiger charge is -2.13. The number of nitrogens with zero attached hydrogens (tertiary/aromatic N) is 1. The number of hydrogen-bond acceptors (Lipinski definition) is 5. The fourth-order valence-electron chi connectivity index (χ4n) is 2.90. The van der Waals surface area contributed by atoms with Gasteiger partial charge in [0, 0.05) is 24.7 Å². The largest absolute Gasteiger partial charge is 0.417 e. The smallest absolute Gasteiger partial charge is 0.408 e. The first-order valence-corrected chi connectivity index (χ1v) is 7.91. The van der Waals surface area contributed by atoms with Crippen molar-refractivity contribution in [2.75, 3.05) is 11.9 Å². The average Bonchev–Trinajstić information content (AvgIpc) is 3.11. The van der Waals surface area contributed by atoms with Crippen LogP contribution in [-0.4, -0.2) is 34.2 Å². The van der Waals surface area contributed by atoms with Crippen LogP contribution in [0, 0.1) is 0 Å². The number of aromatic amines is 1. The van der Waals surface area contributed by atoms with Gasteiger partial charge in [0.05, 0.1) is 16.6 Å². The van der Waals surface area contributed by atoms with E-state index in [0.29, 0.717) is 27.9 Å². The molecule has 0 unspecified atom stereocenters. The van der Waals surface area contributed by atoms with Crippen LogP contribution in [0.2, 0.25) is 0 Å². The maximum atomic E-state index is 12.3. The van der Waals surface area contributed by atoms with Gasteiger partial charge in [0.1, 0.15) is 0 Å². The van der Waals surface area contributed by atoms with Crippen LogP contribution in [0.5, 0.6) is 0 Å². The molecule has 0 aliphatic carbocycles. The van der Waals surface area contributed by atoms with E-state index in [4.69, 9.17) is 4.42 Å². The van der Waals surface area contributed by atoms with Crippen molar-refractivity contribution in [3.05, 3.63) is 64.1 Å². The van der Waals surface area contributed by atoms with Crippen molar-refractivity contribution >= 4 is 34.5 Å². The summed E-state index contributed by atoms with van der Waals surface area (Å²) in [6.45, 7) is -0.0142. The highest BCUT2D eigenvalue weighted by molar-refractivity contribution is 6.21. The summed E-state index contributed by atoms with van der Waals surface area (Å²) in [7, 11) is 0. The van der Waals surface area contributed by atoms with Crippen molar-refractivity contribution in [3.63, 3.8) is 0 Å². The number of H-pyrrole nitrogens is 1. The highest BCUT2D eigenvalue weighted by Gasteiger charge is 2.34. The molecule has 0 radical (unpaired) electrons. The Bertz CT molecular complexity index is 1080. The average molecular weight is 351 g/mol. The minimum atomic E-state index is -0.575. The lowest BCUT2D eigenvalue weighted by atomic mass is 10.1. The number of carbonyl (C=O) groups excluding carboxylic acids is 3. The molecule has 3 aromatic rings. The van der Waals surface area contributed by atoms with Crippen LogP contribution in [-0.2, 0) is 4.79 Å². The Hall–Kier alpha value is -3.68. The number of imide groups is 1. The molecule has 4 rings (SSSR count). The molecular formula is C18H13N3O5. The van der Waals surface area contributed by atoms with E-state index in [1.807, 2.05) is 0 Å². The van der Waals surface area contributed by atoms with Crippen LogP contribution in [0.3, 0.4) is 0 Å². The second-order valence-electron chi connectivity index (χ2n) is 5.83. The highest BCUT2D eigenvalue weighted by Crippen LogP contribution is 2.22. The van der Waals surface area contributed by atoms with E-state index in [2.05, 4.69) is 10.3 Å². The number of aromatic nitrogens is 1. The summed E-state index contributed by atoms with van der Waals surface area (Å²) in [5.41, 5.74) is 2.01. The number of amides is 3. The zero-order chi connectivity index (χ0) is 18.3. The molecule has 130 valence electrons. The molecule has 0 spiro atoms. The number of fused-ring (bicyclic) bond motifs is 2. The summed E-state index contributed by atoms with van der Waals surface area (Å²) in [5.74, 6) is -1.73. The minimum Gasteiger partial charge on any atom is -0.408 e. The molecule has 0 saturated carbocycles. The van der Waals surface area contributed by atoms with Crippen molar-refractivity contribution in [1.82, 2.24) is 9.88 Å². The highest BCUT2D eigenvalue weighted by atomic mass is 16.4. The molecule has 0 saturated heterocycles. The summed E-state index contributed by atoms with van der Waals surface area (Å²) in [6, 6.07) is 11.3. The molecule has 2 aromatic carbocycles. The first-order valence-electron chi connectivity index (χ1n) is 7.91. The van der Waals surface area contributed by atoms with Gasteiger partial charge in [-0.25, -0.2) is 4.79 Å². The van der Waals surface area contributed by atoms with Crippen LogP contribution < -0.4 is 11.1 Å². The molecule has 1 aliphatic heterocycles. The van der Waals surface area contributed by atoms with E-state index in [1.54, 1.807) is 36.4 Å². The van der Waals surface area contributed by atoms with Gasteiger partial charge in [-0.2, -0.15) is 0 Å². The molecule has 0 bridgehead atoms. The van der Waals surface area contributed by atoms with E-state index < -0.39 is 17.6 Å². The maximum absolute atomic E-state index is 12.3. The molecular weight excluding hydrogens is 338 g/mol. The number of nitrogens with one attached hydrogen (secondary N) is 2. The number of benzene rings is 2. The van der Waals surface area contributed by atoms with Crippen LogP contribution in [0.15, 0.2) is 51.7 Å². The Balaban J connectivity index is 1.42. The zero-order valence-electron chi connectivity index (χ0n) is 13.4. The molecule has 8 nitrogen and oxygen atoms in total. The fourth-order valence-corrected chi connectivity index (χ4v) is 2.90. The summed E-state index contributed by atoms with van der Waals surface area (Å²) in [6.07, 6.45) is -0.0411. The Labute approximate surface area is 146 Å². The Kier molecular flexibility index (Phi) is 3.65. The minimum absolute atomic E-state index is 0.0142. The number of carbonyl (C=O) groups is 3. The van der Waals surface area contributed by atoms with E-state index >= 15 is 0 Å². The molecule has 1 aliphatic rings. The van der Waals surface area contributed by atoms with Crippen LogP contribution in [0.4, 0.5) is 5.69 Å². The molecule has 26 heavy (non-hydrogen) atoms. The van der Waals surface area contributed by atoms with Gasteiger partial charge in [0.15, 0.2) is 5.58 Å². The third-order valence-corrected chi connectivity index (χ3v) is 4.15. The van der Waals surface area contributed by atoms with Gasteiger partial charge in [-0.05, 0) is 24.3 Å². The number of rotatable bonds is 4. The molecule has 8 heteroatoms. The van der Waals surface area contributed by atoms with Crippen molar-refractivity contribution in [2.24, 2.45) is 0 Å². The predicted octanol–water partition coefficient (Wildman–Crippen LogP) is 1.75. The number of hydrogen-bond donors (Lipinski definition) is 2. The van der Waals surface area contributed by atoms with Gasteiger partial charge in [0.25, 0.3) is 11.8 Å². The van der Waals surface area contributed by atoms with E-state index in [9.17, 15) is 19.2 Å². The summed E-state index contributed by atoms with van der Waals surface area (Å²) in [5, 5.41) is 2.65. The van der Waals surface area contributed by atoms with Crippen LogP contribution in [0.25, 0.3) is 11.1 Å². The van der Waals surface area contributed by atoms with Gasteiger partial charge in [-0.3, -0.25) is 24.3 Å². The van der Waals surface area contributed by atoms with Gasteiger partial charge < -0.3 is 9.73 Å². The van der Waals surface area contributed by atoms with Gasteiger partial charge in [-0.1, -0.05) is 12.1 Å². The zero-order valence-corrected chi connectivity index (χ0v) is 13.4.